The minimum absolute atomic E-state index is 0.729. The molecule has 0 unspecified atom stereocenters. The quantitative estimate of drug-likeness (QED) is 0.795. The molecular weight excluding hydrogens is 270 g/mol. The highest BCUT2D eigenvalue weighted by molar-refractivity contribution is 6.31. The topological polar surface area (TPSA) is 29.9 Å². The van der Waals surface area contributed by atoms with Gasteiger partial charge in [0.05, 0.1) is 11.2 Å². The molecule has 0 radical (unpaired) electrons. The van der Waals surface area contributed by atoms with Crippen LogP contribution < -0.4 is 5.32 Å². The van der Waals surface area contributed by atoms with Gasteiger partial charge in [0.15, 0.2) is 0 Å². The maximum absolute atomic E-state index is 6.15. The number of nitrogens with zero attached hydrogens (tertiary/aromatic N) is 2. The Morgan fingerprint density at radius 1 is 1.05 bits per heavy atom. The molecule has 102 valence electrons. The number of fused-ring (bicyclic) bond motifs is 1. The molecule has 0 aliphatic rings. The van der Waals surface area contributed by atoms with Crippen molar-refractivity contribution in [2.75, 3.05) is 0 Å². The maximum Gasteiger partial charge on any atom is 0.0841 e. The first-order valence-electron chi connectivity index (χ1n) is 6.60. The Kier molecular flexibility index (Phi) is 3.72. The van der Waals surface area contributed by atoms with E-state index in [9.17, 15) is 0 Å². The lowest BCUT2D eigenvalue weighted by atomic mass is 10.2. The normalized spacial score (nSPS) is 11.1. The van der Waals surface area contributed by atoms with Crippen molar-refractivity contribution < 1.29 is 0 Å². The molecule has 1 heterocycles. The molecule has 0 saturated heterocycles. The zero-order chi connectivity index (χ0) is 13.9. The third-order valence-corrected chi connectivity index (χ3v) is 3.77. The van der Waals surface area contributed by atoms with E-state index in [4.69, 9.17) is 11.6 Å². The fourth-order valence-electron chi connectivity index (χ4n) is 2.38. The summed E-state index contributed by atoms with van der Waals surface area (Å²) in [6.07, 6.45) is 0. The standard InChI is InChI=1S/C16H16ClN3/c1-20-16-9-5-3-7-13(16)15(19-20)11-18-10-12-6-2-4-8-14(12)17/h2-9,18H,10-11H2,1H3. The summed E-state index contributed by atoms with van der Waals surface area (Å²) in [4.78, 5) is 0. The Bertz CT molecular complexity index is 733. The zero-order valence-electron chi connectivity index (χ0n) is 11.3. The van der Waals surface area contributed by atoms with Crippen molar-refractivity contribution >= 4 is 22.5 Å². The van der Waals surface area contributed by atoms with E-state index < -0.39 is 0 Å². The van der Waals surface area contributed by atoms with Gasteiger partial charge in [0.1, 0.15) is 0 Å². The third kappa shape index (κ3) is 2.55. The Morgan fingerprint density at radius 3 is 2.65 bits per heavy atom. The number of para-hydroxylation sites is 1. The molecule has 0 bridgehead atoms. The van der Waals surface area contributed by atoms with Crippen molar-refractivity contribution in [2.45, 2.75) is 13.1 Å². The number of nitrogens with one attached hydrogen (secondary N) is 1. The molecule has 0 saturated carbocycles. The second-order valence-electron chi connectivity index (χ2n) is 4.78. The summed E-state index contributed by atoms with van der Waals surface area (Å²) in [6.45, 7) is 1.47. The van der Waals surface area contributed by atoms with Crippen LogP contribution in [0.3, 0.4) is 0 Å². The van der Waals surface area contributed by atoms with E-state index in [1.165, 1.54) is 5.39 Å². The minimum atomic E-state index is 0.729. The summed E-state index contributed by atoms with van der Waals surface area (Å²) in [7, 11) is 1.97. The molecule has 0 atom stereocenters. The average molecular weight is 286 g/mol. The van der Waals surface area contributed by atoms with Gasteiger partial charge in [-0.05, 0) is 17.7 Å². The maximum atomic E-state index is 6.15. The molecule has 4 heteroatoms. The predicted octanol–water partition coefficient (Wildman–Crippen LogP) is 3.52. The number of benzene rings is 2. The van der Waals surface area contributed by atoms with E-state index in [1.807, 2.05) is 48.1 Å². The molecule has 3 aromatic rings. The summed E-state index contributed by atoms with van der Waals surface area (Å²) in [5.41, 5.74) is 3.33. The Balaban J connectivity index is 1.73. The summed E-state index contributed by atoms with van der Waals surface area (Å²) in [5.74, 6) is 0. The highest BCUT2D eigenvalue weighted by Gasteiger charge is 2.07. The molecule has 1 aromatic heterocycles. The molecule has 0 fully saturated rings. The lowest BCUT2D eigenvalue weighted by Gasteiger charge is -2.05. The van der Waals surface area contributed by atoms with Crippen LogP contribution in [-0.4, -0.2) is 9.78 Å². The lowest BCUT2D eigenvalue weighted by Crippen LogP contribution is -2.13. The highest BCUT2D eigenvalue weighted by atomic mass is 35.5. The van der Waals surface area contributed by atoms with E-state index in [1.54, 1.807) is 0 Å². The first kappa shape index (κ1) is 13.2. The van der Waals surface area contributed by atoms with Gasteiger partial charge in [0.25, 0.3) is 0 Å². The van der Waals surface area contributed by atoms with Crippen LogP contribution >= 0.6 is 11.6 Å². The Hall–Kier alpha value is -1.84. The van der Waals surface area contributed by atoms with Crippen molar-refractivity contribution in [3.8, 4) is 0 Å². The molecule has 20 heavy (non-hydrogen) atoms. The first-order valence-corrected chi connectivity index (χ1v) is 6.98. The van der Waals surface area contributed by atoms with Crippen LogP contribution in [0.1, 0.15) is 11.3 Å². The molecule has 0 amide bonds. The number of hydrogen-bond acceptors (Lipinski definition) is 2. The van der Waals surface area contributed by atoms with Crippen LogP contribution in [0.15, 0.2) is 48.5 Å². The number of rotatable bonds is 4. The van der Waals surface area contributed by atoms with E-state index >= 15 is 0 Å². The molecule has 3 rings (SSSR count). The van der Waals surface area contributed by atoms with Crippen molar-refractivity contribution in [3.63, 3.8) is 0 Å². The second-order valence-corrected chi connectivity index (χ2v) is 5.19. The number of halogens is 1. The van der Waals surface area contributed by atoms with Gasteiger partial charge in [-0.15, -0.1) is 0 Å². The van der Waals surface area contributed by atoms with Gasteiger partial charge in [-0.1, -0.05) is 48.0 Å². The zero-order valence-corrected chi connectivity index (χ0v) is 12.1. The van der Waals surface area contributed by atoms with Gasteiger partial charge in [0, 0.05) is 30.5 Å². The second kappa shape index (κ2) is 5.65. The number of hydrogen-bond donors (Lipinski definition) is 1. The van der Waals surface area contributed by atoms with Crippen molar-refractivity contribution in [2.24, 2.45) is 7.05 Å². The Labute approximate surface area is 123 Å². The molecular formula is C16H16ClN3. The molecule has 1 N–H and O–H groups in total. The smallest absolute Gasteiger partial charge is 0.0841 e. The summed E-state index contributed by atoms with van der Waals surface area (Å²) in [6, 6.07) is 16.2. The number of aryl methyl sites for hydroxylation is 1. The predicted molar refractivity (Wildman–Crippen MR) is 82.7 cm³/mol. The van der Waals surface area contributed by atoms with Crippen LogP contribution in [-0.2, 0) is 20.1 Å². The van der Waals surface area contributed by atoms with Crippen LogP contribution in [0.4, 0.5) is 0 Å². The van der Waals surface area contributed by atoms with E-state index in [-0.39, 0.29) is 0 Å². The molecule has 2 aromatic carbocycles. The van der Waals surface area contributed by atoms with Crippen LogP contribution in [0.25, 0.3) is 10.9 Å². The Morgan fingerprint density at radius 2 is 1.80 bits per heavy atom. The fourth-order valence-corrected chi connectivity index (χ4v) is 2.58. The van der Waals surface area contributed by atoms with Crippen LogP contribution in [0.5, 0.6) is 0 Å². The summed E-state index contributed by atoms with van der Waals surface area (Å²) < 4.78 is 1.92. The third-order valence-electron chi connectivity index (χ3n) is 3.40. The van der Waals surface area contributed by atoms with Crippen LogP contribution in [0.2, 0.25) is 5.02 Å². The van der Waals surface area contributed by atoms with Gasteiger partial charge in [-0.25, -0.2) is 0 Å². The van der Waals surface area contributed by atoms with Gasteiger partial charge in [-0.3, -0.25) is 4.68 Å². The SMILES string of the molecule is Cn1nc(CNCc2ccccc2Cl)c2ccccc21. The van der Waals surface area contributed by atoms with Crippen molar-refractivity contribution in [1.82, 2.24) is 15.1 Å². The highest BCUT2D eigenvalue weighted by Crippen LogP contribution is 2.18. The average Bonchev–Trinajstić information content (AvgIpc) is 2.78. The van der Waals surface area contributed by atoms with Gasteiger partial charge in [0.2, 0.25) is 0 Å². The minimum Gasteiger partial charge on any atom is -0.307 e. The van der Waals surface area contributed by atoms with Gasteiger partial charge in [-0.2, -0.15) is 5.10 Å². The van der Waals surface area contributed by atoms with Gasteiger partial charge < -0.3 is 5.32 Å². The van der Waals surface area contributed by atoms with Crippen molar-refractivity contribution in [3.05, 3.63) is 64.8 Å². The molecule has 0 aliphatic heterocycles. The van der Waals surface area contributed by atoms with E-state index in [0.717, 1.165) is 34.9 Å². The first-order chi connectivity index (χ1) is 9.75. The van der Waals surface area contributed by atoms with Crippen LogP contribution in [0, 0.1) is 0 Å². The van der Waals surface area contributed by atoms with Crippen molar-refractivity contribution in [1.29, 1.82) is 0 Å². The lowest BCUT2D eigenvalue weighted by molar-refractivity contribution is 0.662. The monoisotopic (exact) mass is 285 g/mol. The summed E-state index contributed by atoms with van der Waals surface area (Å²) in [5, 5.41) is 9.96. The molecule has 3 nitrogen and oxygen atoms in total. The van der Waals surface area contributed by atoms with E-state index in [2.05, 4.69) is 22.5 Å². The molecule has 0 spiro atoms. The number of aromatic nitrogens is 2. The largest absolute Gasteiger partial charge is 0.307 e. The van der Waals surface area contributed by atoms with Gasteiger partial charge >= 0.3 is 0 Å². The van der Waals surface area contributed by atoms with E-state index in [0.29, 0.717) is 0 Å². The molecule has 0 aliphatic carbocycles. The fraction of sp³-hybridized carbons (Fsp3) is 0.188. The summed E-state index contributed by atoms with van der Waals surface area (Å²) >= 11 is 6.15.